The number of anilines is 1. The number of sulfonamides is 1. The maximum absolute atomic E-state index is 14.1. The molecule has 0 bridgehead atoms. The Morgan fingerprint density at radius 2 is 1.51 bits per heavy atom. The van der Waals surface area contributed by atoms with Crippen LogP contribution in [0.5, 0.6) is 0 Å². The highest BCUT2D eigenvalue weighted by molar-refractivity contribution is 7.92. The van der Waals surface area contributed by atoms with E-state index < -0.39 is 28.5 Å². The van der Waals surface area contributed by atoms with Crippen molar-refractivity contribution in [3.8, 4) is 0 Å². The standard InChI is InChI=1S/C29H31Cl4N3O4S/c1-4-12-34-29(38)27(5-2)35(17-20-8-9-21(30)16-26(20)33)28(37)18-36(24-14-22(31)13-23(32)15-24)41(39,40)25-10-6-19(3)7-11-25/h6-11,13-16,27H,4-5,12,17-18H2,1-3H3,(H,34,38)/t27-/m0/s1. The predicted molar refractivity (Wildman–Crippen MR) is 167 cm³/mol. The van der Waals surface area contributed by atoms with E-state index in [0.717, 1.165) is 9.87 Å². The van der Waals surface area contributed by atoms with Gasteiger partial charge in [-0.1, -0.05) is 84.0 Å². The van der Waals surface area contributed by atoms with Crippen LogP contribution in [0, 0.1) is 6.92 Å². The minimum Gasteiger partial charge on any atom is -0.354 e. The van der Waals surface area contributed by atoms with Crippen LogP contribution in [0.25, 0.3) is 0 Å². The molecule has 3 aromatic rings. The lowest BCUT2D eigenvalue weighted by Crippen LogP contribution is -2.52. The molecule has 1 N–H and O–H groups in total. The summed E-state index contributed by atoms with van der Waals surface area (Å²) in [6, 6.07) is 14.5. The third-order valence-corrected chi connectivity index (χ3v) is 9.13. The SMILES string of the molecule is CCCNC(=O)[C@H](CC)N(Cc1ccc(Cl)cc1Cl)C(=O)CN(c1cc(Cl)cc(Cl)c1)S(=O)(=O)c1ccc(C)cc1. The number of halogens is 4. The number of rotatable bonds is 12. The number of nitrogens with one attached hydrogen (secondary N) is 1. The Labute approximate surface area is 261 Å². The first-order valence-corrected chi connectivity index (χ1v) is 15.9. The van der Waals surface area contributed by atoms with Crippen molar-refractivity contribution in [2.45, 2.75) is 51.1 Å². The summed E-state index contributed by atoms with van der Waals surface area (Å²) in [5.74, 6) is -0.979. The van der Waals surface area contributed by atoms with Crippen molar-refractivity contribution in [2.24, 2.45) is 0 Å². The summed E-state index contributed by atoms with van der Waals surface area (Å²) in [5.41, 5.74) is 1.52. The second-order valence-electron chi connectivity index (χ2n) is 9.42. The second-order valence-corrected chi connectivity index (χ2v) is 13.0. The van der Waals surface area contributed by atoms with Gasteiger partial charge in [-0.25, -0.2) is 8.42 Å². The number of hydrogen-bond donors (Lipinski definition) is 1. The van der Waals surface area contributed by atoms with E-state index in [2.05, 4.69) is 5.32 Å². The Morgan fingerprint density at radius 1 is 0.878 bits per heavy atom. The quantitative estimate of drug-likeness (QED) is 0.224. The number of aryl methyl sites for hydroxylation is 1. The third kappa shape index (κ3) is 8.52. The van der Waals surface area contributed by atoms with E-state index in [9.17, 15) is 18.0 Å². The highest BCUT2D eigenvalue weighted by Gasteiger charge is 2.34. The fourth-order valence-electron chi connectivity index (χ4n) is 4.17. The molecule has 0 fully saturated rings. The molecular formula is C29H31Cl4N3O4S. The Kier molecular flexibility index (Phi) is 11.8. The molecule has 0 aromatic heterocycles. The van der Waals surface area contributed by atoms with Crippen molar-refractivity contribution in [1.29, 1.82) is 0 Å². The molecule has 1 atom stereocenters. The first-order valence-electron chi connectivity index (χ1n) is 12.9. The Balaban J connectivity index is 2.11. The first kappa shape index (κ1) is 33.0. The van der Waals surface area contributed by atoms with Crippen LogP contribution in [0.2, 0.25) is 20.1 Å². The minimum absolute atomic E-state index is 0.0213. The zero-order valence-corrected chi connectivity index (χ0v) is 26.7. The van der Waals surface area contributed by atoms with Gasteiger partial charge in [0.2, 0.25) is 11.8 Å². The molecule has 0 aliphatic heterocycles. The van der Waals surface area contributed by atoms with Gasteiger partial charge in [-0.3, -0.25) is 13.9 Å². The monoisotopic (exact) mass is 657 g/mol. The summed E-state index contributed by atoms with van der Waals surface area (Å²) in [4.78, 5) is 28.6. The van der Waals surface area contributed by atoms with Gasteiger partial charge in [-0.15, -0.1) is 0 Å². The van der Waals surface area contributed by atoms with Gasteiger partial charge >= 0.3 is 0 Å². The lowest BCUT2D eigenvalue weighted by molar-refractivity contribution is -0.140. The van der Waals surface area contributed by atoms with E-state index in [0.29, 0.717) is 28.6 Å². The van der Waals surface area contributed by atoms with E-state index in [-0.39, 0.29) is 39.5 Å². The molecule has 0 saturated heterocycles. The van der Waals surface area contributed by atoms with Crippen LogP contribution < -0.4 is 9.62 Å². The van der Waals surface area contributed by atoms with Crippen molar-refractivity contribution < 1.29 is 18.0 Å². The molecule has 12 heteroatoms. The number of nitrogens with zero attached hydrogens (tertiary/aromatic N) is 2. The van der Waals surface area contributed by atoms with Crippen LogP contribution in [-0.4, -0.2) is 44.3 Å². The average molecular weight is 659 g/mol. The molecule has 3 aromatic carbocycles. The molecular weight excluding hydrogens is 628 g/mol. The van der Waals surface area contributed by atoms with Crippen LogP contribution in [-0.2, 0) is 26.2 Å². The largest absolute Gasteiger partial charge is 0.354 e. The summed E-state index contributed by atoms with van der Waals surface area (Å²) in [6.45, 7) is 5.27. The summed E-state index contributed by atoms with van der Waals surface area (Å²) in [5, 5.41) is 3.95. The fourth-order valence-corrected chi connectivity index (χ4v) is 6.55. The molecule has 3 rings (SSSR count). The Bertz CT molecular complexity index is 1480. The number of benzene rings is 3. The third-order valence-electron chi connectivity index (χ3n) is 6.31. The zero-order chi connectivity index (χ0) is 30.3. The highest BCUT2D eigenvalue weighted by Crippen LogP contribution is 2.31. The lowest BCUT2D eigenvalue weighted by Gasteiger charge is -2.33. The molecule has 0 unspecified atom stereocenters. The van der Waals surface area contributed by atoms with Gasteiger partial charge in [0.05, 0.1) is 10.6 Å². The van der Waals surface area contributed by atoms with Crippen molar-refractivity contribution in [2.75, 3.05) is 17.4 Å². The van der Waals surface area contributed by atoms with Crippen molar-refractivity contribution in [3.63, 3.8) is 0 Å². The van der Waals surface area contributed by atoms with Crippen molar-refractivity contribution >= 4 is 73.9 Å². The Hall–Kier alpha value is -2.49. The topological polar surface area (TPSA) is 86.8 Å². The average Bonchev–Trinajstić information content (AvgIpc) is 2.91. The van der Waals surface area contributed by atoms with Crippen molar-refractivity contribution in [3.05, 3.63) is 91.9 Å². The summed E-state index contributed by atoms with van der Waals surface area (Å²) < 4.78 is 28.8. The van der Waals surface area contributed by atoms with Gasteiger partial charge in [0.1, 0.15) is 12.6 Å². The van der Waals surface area contributed by atoms with Gasteiger partial charge < -0.3 is 10.2 Å². The predicted octanol–water partition coefficient (Wildman–Crippen LogP) is 7.14. The van der Waals surface area contributed by atoms with Gasteiger partial charge in [0.25, 0.3) is 10.0 Å². The van der Waals surface area contributed by atoms with Crippen LogP contribution in [0.15, 0.2) is 65.6 Å². The second kappa shape index (κ2) is 14.6. The number of carbonyl (C=O) groups excluding carboxylic acids is 2. The fraction of sp³-hybridized carbons (Fsp3) is 0.310. The van der Waals surface area contributed by atoms with Crippen LogP contribution in [0.4, 0.5) is 5.69 Å². The van der Waals surface area contributed by atoms with E-state index >= 15 is 0 Å². The van der Waals surface area contributed by atoms with Gasteiger partial charge in [0, 0.05) is 33.2 Å². The number of carbonyl (C=O) groups is 2. The van der Waals surface area contributed by atoms with Gasteiger partial charge in [-0.05, 0) is 67.8 Å². The van der Waals surface area contributed by atoms with Crippen LogP contribution >= 0.6 is 46.4 Å². The van der Waals surface area contributed by atoms with Gasteiger partial charge in [0.15, 0.2) is 0 Å². The zero-order valence-electron chi connectivity index (χ0n) is 22.8. The van der Waals surface area contributed by atoms with E-state index in [1.54, 1.807) is 37.3 Å². The molecule has 0 aliphatic carbocycles. The van der Waals surface area contributed by atoms with Crippen LogP contribution in [0.1, 0.15) is 37.8 Å². The molecule has 0 heterocycles. The molecule has 0 spiro atoms. The van der Waals surface area contributed by atoms with E-state index in [4.69, 9.17) is 46.4 Å². The molecule has 7 nitrogen and oxygen atoms in total. The molecule has 2 amide bonds. The number of amides is 2. The summed E-state index contributed by atoms with van der Waals surface area (Å²) in [6.07, 6.45) is 0.984. The molecule has 0 aliphatic rings. The maximum Gasteiger partial charge on any atom is 0.264 e. The molecule has 220 valence electrons. The minimum atomic E-state index is -4.26. The van der Waals surface area contributed by atoms with E-state index in [1.165, 1.54) is 35.2 Å². The number of hydrogen-bond acceptors (Lipinski definition) is 4. The molecule has 0 radical (unpaired) electrons. The molecule has 41 heavy (non-hydrogen) atoms. The molecule has 0 saturated carbocycles. The van der Waals surface area contributed by atoms with Crippen molar-refractivity contribution in [1.82, 2.24) is 10.2 Å². The lowest BCUT2D eigenvalue weighted by atomic mass is 10.1. The highest BCUT2D eigenvalue weighted by atomic mass is 35.5. The summed E-state index contributed by atoms with van der Waals surface area (Å²) in [7, 11) is -4.26. The van der Waals surface area contributed by atoms with E-state index in [1.807, 2.05) is 13.8 Å². The maximum atomic E-state index is 14.1. The normalized spacial score (nSPS) is 12.1. The smallest absolute Gasteiger partial charge is 0.264 e. The van der Waals surface area contributed by atoms with Gasteiger partial charge in [-0.2, -0.15) is 0 Å². The Morgan fingerprint density at radius 3 is 2.07 bits per heavy atom. The summed E-state index contributed by atoms with van der Waals surface area (Å²) >= 11 is 25.0. The van der Waals surface area contributed by atoms with Crippen LogP contribution in [0.3, 0.4) is 0 Å². The first-order chi connectivity index (χ1) is 19.4.